The number of rotatable bonds is 5. The Morgan fingerprint density at radius 3 is 2.58 bits per heavy atom. The van der Waals surface area contributed by atoms with Crippen molar-refractivity contribution in [3.05, 3.63) is 53.9 Å². The van der Waals surface area contributed by atoms with Crippen LogP contribution in [0.15, 0.2) is 48.1 Å². The third-order valence-corrected chi connectivity index (χ3v) is 6.45. The maximum Gasteiger partial charge on any atom is 0.341 e. The van der Waals surface area contributed by atoms with Gasteiger partial charge in [-0.2, -0.15) is 5.10 Å². The Morgan fingerprint density at radius 1 is 1.15 bits per heavy atom. The molecular formula is C22H18F2N6O2S. The lowest BCUT2D eigenvalue weighted by molar-refractivity contribution is -0.152. The van der Waals surface area contributed by atoms with Gasteiger partial charge in [0.2, 0.25) is 5.67 Å². The number of carboxylic acid groups (broad SMARTS) is 1. The van der Waals surface area contributed by atoms with Crippen LogP contribution < -0.4 is 4.90 Å². The molecule has 4 aromatic rings. The van der Waals surface area contributed by atoms with Crippen molar-refractivity contribution >= 4 is 23.1 Å². The Morgan fingerprint density at radius 2 is 1.94 bits per heavy atom. The van der Waals surface area contributed by atoms with Gasteiger partial charge in [0.05, 0.1) is 5.56 Å². The Labute approximate surface area is 191 Å². The zero-order valence-electron chi connectivity index (χ0n) is 17.2. The molecule has 0 amide bonds. The van der Waals surface area contributed by atoms with Crippen molar-refractivity contribution in [1.82, 2.24) is 25.1 Å². The summed E-state index contributed by atoms with van der Waals surface area (Å²) in [4.78, 5) is 25.8. The smallest absolute Gasteiger partial charge is 0.341 e. The van der Waals surface area contributed by atoms with E-state index in [9.17, 15) is 13.6 Å². The molecule has 168 valence electrons. The average Bonchev–Trinajstić information content (AvgIpc) is 3.52. The number of aromatic nitrogens is 5. The SMILES string of the molecule is O=C(O)C1(F)CCN(c2ccc(-c3ccc(-c4n[nH]c(-c5nccs5)n4)c(F)c3)cn2)CC1. The molecule has 8 nitrogen and oxygen atoms in total. The van der Waals surface area contributed by atoms with E-state index in [2.05, 4.69) is 25.1 Å². The second kappa shape index (κ2) is 8.32. The van der Waals surface area contributed by atoms with E-state index in [1.165, 1.54) is 17.4 Å². The minimum absolute atomic E-state index is 0.0933. The van der Waals surface area contributed by atoms with Gasteiger partial charge in [-0.15, -0.1) is 11.3 Å². The van der Waals surface area contributed by atoms with Crippen LogP contribution in [0.25, 0.3) is 33.3 Å². The molecule has 0 aliphatic carbocycles. The van der Waals surface area contributed by atoms with Crippen molar-refractivity contribution in [2.75, 3.05) is 18.0 Å². The maximum absolute atomic E-state index is 14.9. The Bertz CT molecular complexity index is 1280. The zero-order valence-corrected chi connectivity index (χ0v) is 18.0. The summed E-state index contributed by atoms with van der Waals surface area (Å²) in [5.41, 5.74) is -0.563. The summed E-state index contributed by atoms with van der Waals surface area (Å²) in [5, 5.41) is 18.4. The van der Waals surface area contributed by atoms with Crippen molar-refractivity contribution in [2.45, 2.75) is 18.5 Å². The summed E-state index contributed by atoms with van der Waals surface area (Å²) in [5.74, 6) is -0.535. The number of H-pyrrole nitrogens is 1. The lowest BCUT2D eigenvalue weighted by atomic mass is 9.93. The predicted octanol–water partition coefficient (Wildman–Crippen LogP) is 4.19. The number of piperidine rings is 1. The van der Waals surface area contributed by atoms with E-state index in [1.54, 1.807) is 36.7 Å². The zero-order chi connectivity index (χ0) is 23.0. The molecule has 1 aromatic carbocycles. The van der Waals surface area contributed by atoms with Gasteiger partial charge in [0.15, 0.2) is 16.7 Å². The van der Waals surface area contributed by atoms with Gasteiger partial charge in [-0.25, -0.2) is 28.5 Å². The minimum Gasteiger partial charge on any atom is -0.479 e. The first-order valence-electron chi connectivity index (χ1n) is 10.2. The molecular weight excluding hydrogens is 450 g/mol. The van der Waals surface area contributed by atoms with Crippen molar-refractivity contribution in [1.29, 1.82) is 0 Å². The van der Waals surface area contributed by atoms with E-state index in [-0.39, 0.29) is 37.3 Å². The van der Waals surface area contributed by atoms with Gasteiger partial charge in [-0.05, 0) is 29.8 Å². The standard InChI is InChI=1S/C22H18F2N6O2S/c23-16-11-13(1-3-15(16)18-27-19(29-28-18)20-25-7-10-33-20)14-2-4-17(26-12-14)30-8-5-22(24,6-9-30)21(31)32/h1-4,7,10-12H,5-6,8-9H2,(H,31,32)(H,27,28,29). The molecule has 0 unspecified atom stereocenters. The largest absolute Gasteiger partial charge is 0.479 e. The number of hydrogen-bond donors (Lipinski definition) is 2. The molecule has 0 saturated carbocycles. The average molecular weight is 468 g/mol. The molecule has 1 aliphatic heterocycles. The highest BCUT2D eigenvalue weighted by Gasteiger charge is 2.42. The van der Waals surface area contributed by atoms with Crippen LogP contribution in [0.1, 0.15) is 12.8 Å². The first-order chi connectivity index (χ1) is 15.9. The van der Waals surface area contributed by atoms with Crippen molar-refractivity contribution in [2.24, 2.45) is 0 Å². The summed E-state index contributed by atoms with van der Waals surface area (Å²) in [7, 11) is 0. The molecule has 5 rings (SSSR count). The third-order valence-electron chi connectivity index (χ3n) is 5.67. The van der Waals surface area contributed by atoms with Gasteiger partial charge < -0.3 is 10.0 Å². The third kappa shape index (κ3) is 4.07. The molecule has 4 heterocycles. The number of aliphatic carboxylic acids is 1. The lowest BCUT2D eigenvalue weighted by Gasteiger charge is -2.34. The van der Waals surface area contributed by atoms with E-state index < -0.39 is 17.5 Å². The van der Waals surface area contributed by atoms with E-state index in [0.29, 0.717) is 27.8 Å². The molecule has 1 fully saturated rings. The molecule has 11 heteroatoms. The van der Waals surface area contributed by atoms with E-state index in [0.717, 1.165) is 0 Å². The predicted molar refractivity (Wildman–Crippen MR) is 119 cm³/mol. The number of pyridine rings is 1. The molecule has 3 aromatic heterocycles. The summed E-state index contributed by atoms with van der Waals surface area (Å²) in [6.45, 7) is 0.524. The fraction of sp³-hybridized carbons (Fsp3) is 0.227. The van der Waals surface area contributed by atoms with Crippen LogP contribution in [0.2, 0.25) is 0 Å². The molecule has 0 bridgehead atoms. The van der Waals surface area contributed by atoms with E-state index in [4.69, 9.17) is 5.11 Å². The highest BCUT2D eigenvalue weighted by molar-refractivity contribution is 7.13. The van der Waals surface area contributed by atoms with Crippen LogP contribution in [0, 0.1) is 5.82 Å². The summed E-state index contributed by atoms with van der Waals surface area (Å²) < 4.78 is 29.1. The molecule has 0 atom stereocenters. The molecule has 1 aliphatic rings. The number of carbonyl (C=O) groups is 1. The molecule has 1 saturated heterocycles. The van der Waals surface area contributed by atoms with Crippen LogP contribution in [-0.4, -0.2) is 55.0 Å². The number of halogens is 2. The number of carboxylic acids is 1. The number of nitrogens with zero attached hydrogens (tertiary/aromatic N) is 5. The number of alkyl halides is 1. The Kier molecular flexibility index (Phi) is 5.33. The van der Waals surface area contributed by atoms with Crippen LogP contribution in [-0.2, 0) is 4.79 Å². The lowest BCUT2D eigenvalue weighted by Crippen LogP contribution is -2.46. The number of aromatic amines is 1. The van der Waals surface area contributed by atoms with Crippen molar-refractivity contribution < 1.29 is 18.7 Å². The Hall–Kier alpha value is -3.73. The highest BCUT2D eigenvalue weighted by Crippen LogP contribution is 2.31. The van der Waals surface area contributed by atoms with E-state index >= 15 is 0 Å². The number of anilines is 1. The van der Waals surface area contributed by atoms with Crippen molar-refractivity contribution in [3.8, 4) is 33.3 Å². The van der Waals surface area contributed by atoms with Gasteiger partial charge in [0.25, 0.3) is 0 Å². The number of thiazole rings is 1. The fourth-order valence-corrected chi connectivity index (χ4v) is 4.32. The summed E-state index contributed by atoms with van der Waals surface area (Å²) in [6, 6.07) is 8.35. The van der Waals surface area contributed by atoms with Crippen LogP contribution in [0.3, 0.4) is 0 Å². The summed E-state index contributed by atoms with van der Waals surface area (Å²) >= 11 is 1.41. The first kappa shape index (κ1) is 21.1. The highest BCUT2D eigenvalue weighted by atomic mass is 32.1. The Balaban J connectivity index is 1.31. The van der Waals surface area contributed by atoms with Gasteiger partial charge >= 0.3 is 5.97 Å². The quantitative estimate of drug-likeness (QED) is 0.452. The molecule has 0 spiro atoms. The first-order valence-corrected chi connectivity index (χ1v) is 11.1. The van der Waals surface area contributed by atoms with Crippen LogP contribution in [0.5, 0.6) is 0 Å². The second-order valence-electron chi connectivity index (χ2n) is 7.70. The molecule has 0 radical (unpaired) electrons. The van der Waals surface area contributed by atoms with Crippen LogP contribution >= 0.6 is 11.3 Å². The van der Waals surface area contributed by atoms with Gasteiger partial charge in [-0.1, -0.05) is 6.07 Å². The monoisotopic (exact) mass is 468 g/mol. The fourth-order valence-electron chi connectivity index (χ4n) is 3.74. The minimum atomic E-state index is -2.18. The van der Waals surface area contributed by atoms with Crippen LogP contribution in [0.4, 0.5) is 14.6 Å². The normalized spacial score (nSPS) is 15.5. The number of nitrogens with one attached hydrogen (secondary N) is 1. The second-order valence-corrected chi connectivity index (χ2v) is 8.60. The van der Waals surface area contributed by atoms with Gasteiger partial charge in [0.1, 0.15) is 11.6 Å². The molecule has 2 N–H and O–H groups in total. The van der Waals surface area contributed by atoms with E-state index in [1.807, 2.05) is 10.3 Å². The number of hydrogen-bond acceptors (Lipinski definition) is 7. The maximum atomic E-state index is 14.9. The number of benzene rings is 1. The van der Waals surface area contributed by atoms with Gasteiger partial charge in [-0.3, -0.25) is 5.10 Å². The van der Waals surface area contributed by atoms with Gasteiger partial charge in [0, 0.05) is 49.3 Å². The molecule has 33 heavy (non-hydrogen) atoms. The summed E-state index contributed by atoms with van der Waals surface area (Å²) in [6.07, 6.45) is 3.09. The van der Waals surface area contributed by atoms with Crippen molar-refractivity contribution in [3.63, 3.8) is 0 Å². The topological polar surface area (TPSA) is 108 Å².